The lowest BCUT2D eigenvalue weighted by molar-refractivity contribution is -0.130. The van der Waals surface area contributed by atoms with Gasteiger partial charge < -0.3 is 22.1 Å². The number of rotatable bonds is 14. The number of sulfonamides is 1. The zero-order chi connectivity index (χ0) is 24.3. The topological polar surface area (TPSA) is 197 Å². The molecule has 1 aromatic carbocycles. The summed E-state index contributed by atoms with van der Waals surface area (Å²) in [6, 6.07) is 4.56. The first-order chi connectivity index (χ1) is 15.0. The van der Waals surface area contributed by atoms with Crippen LogP contribution in [-0.4, -0.2) is 49.8 Å². The van der Waals surface area contributed by atoms with Gasteiger partial charge in [0.2, 0.25) is 27.7 Å². The van der Waals surface area contributed by atoms with Crippen LogP contribution in [0.5, 0.6) is 0 Å². The average molecular weight is 469 g/mol. The third-order valence-electron chi connectivity index (χ3n) is 4.56. The fourth-order valence-electron chi connectivity index (χ4n) is 2.81. The largest absolute Gasteiger partial charge is 0.384 e. The molecule has 11 nitrogen and oxygen atoms in total. The van der Waals surface area contributed by atoms with Crippen LogP contribution in [0.15, 0.2) is 24.3 Å². The molecular formula is C20H32N6O5S. The standard InChI is InChI=1S/C20H32N6O5S/c1-3-11-32(30,31)26-15(4-2)20(29)25-16(9-10-17(21)27)19(28)24-12-13-5-7-14(8-6-13)18(22)23/h5-8,15-16,26H,3-4,9-12H2,1-2H3,(H2,21,27)(H3,22,23)(H,24,28)(H,25,29). The summed E-state index contributed by atoms with van der Waals surface area (Å²) in [5.41, 5.74) is 11.9. The first kappa shape index (κ1) is 27.0. The van der Waals surface area contributed by atoms with E-state index in [9.17, 15) is 22.8 Å². The molecule has 0 radical (unpaired) electrons. The number of hydrogen-bond acceptors (Lipinski definition) is 6. The van der Waals surface area contributed by atoms with E-state index < -0.39 is 39.8 Å². The maximum Gasteiger partial charge on any atom is 0.242 e. The van der Waals surface area contributed by atoms with Gasteiger partial charge in [0.1, 0.15) is 17.9 Å². The van der Waals surface area contributed by atoms with E-state index >= 15 is 0 Å². The Kier molecular flexibility index (Phi) is 10.8. The van der Waals surface area contributed by atoms with E-state index in [1.54, 1.807) is 38.1 Å². The quantitative estimate of drug-likeness (QED) is 0.156. The average Bonchev–Trinajstić information content (AvgIpc) is 2.73. The van der Waals surface area contributed by atoms with E-state index in [1.165, 1.54) is 0 Å². The van der Waals surface area contributed by atoms with Crippen molar-refractivity contribution in [3.63, 3.8) is 0 Å². The molecule has 0 fully saturated rings. The molecule has 0 spiro atoms. The van der Waals surface area contributed by atoms with Gasteiger partial charge in [0.05, 0.1) is 5.75 Å². The molecule has 1 rings (SSSR count). The Morgan fingerprint density at radius 3 is 2.16 bits per heavy atom. The highest BCUT2D eigenvalue weighted by Gasteiger charge is 2.27. The fourth-order valence-corrected chi connectivity index (χ4v) is 4.17. The molecule has 12 heteroatoms. The lowest BCUT2D eigenvalue weighted by atomic mass is 10.1. The van der Waals surface area contributed by atoms with Gasteiger partial charge in [-0.05, 0) is 24.8 Å². The van der Waals surface area contributed by atoms with Crippen LogP contribution in [0.4, 0.5) is 0 Å². The Balaban J connectivity index is 2.84. The van der Waals surface area contributed by atoms with E-state index in [4.69, 9.17) is 16.9 Å². The molecule has 0 saturated carbocycles. The summed E-state index contributed by atoms with van der Waals surface area (Å²) in [5.74, 6) is -2.03. The molecule has 0 aliphatic heterocycles. The van der Waals surface area contributed by atoms with Crippen molar-refractivity contribution in [1.82, 2.24) is 15.4 Å². The number of amides is 3. The van der Waals surface area contributed by atoms with Crippen LogP contribution in [0.25, 0.3) is 0 Å². The van der Waals surface area contributed by atoms with Crippen LogP contribution in [0.2, 0.25) is 0 Å². The van der Waals surface area contributed by atoms with Crippen LogP contribution in [-0.2, 0) is 31.0 Å². The van der Waals surface area contributed by atoms with Crippen LogP contribution in [0.3, 0.4) is 0 Å². The highest BCUT2D eigenvalue weighted by molar-refractivity contribution is 7.89. The SMILES string of the molecule is CCCS(=O)(=O)NC(CC)C(=O)NC(CCC(N)=O)C(=O)NCc1ccc(C(=N)N)cc1. The normalized spacial score (nSPS) is 13.1. The number of primary amides is 1. The Morgan fingerprint density at radius 1 is 1.03 bits per heavy atom. The first-order valence-corrected chi connectivity index (χ1v) is 11.9. The van der Waals surface area contributed by atoms with Crippen LogP contribution in [0.1, 0.15) is 50.7 Å². The van der Waals surface area contributed by atoms with Crippen molar-refractivity contribution in [3.8, 4) is 0 Å². The minimum atomic E-state index is -3.64. The number of amidine groups is 1. The van der Waals surface area contributed by atoms with Gasteiger partial charge in [-0.3, -0.25) is 19.8 Å². The second kappa shape index (κ2) is 12.8. The molecule has 0 aliphatic carbocycles. The summed E-state index contributed by atoms with van der Waals surface area (Å²) in [4.78, 5) is 36.5. The van der Waals surface area contributed by atoms with E-state index in [0.717, 1.165) is 5.56 Å². The maximum absolute atomic E-state index is 12.7. The zero-order valence-electron chi connectivity index (χ0n) is 18.3. The van der Waals surface area contributed by atoms with Gasteiger partial charge >= 0.3 is 0 Å². The summed E-state index contributed by atoms with van der Waals surface area (Å²) in [6.45, 7) is 3.49. The van der Waals surface area contributed by atoms with E-state index in [-0.39, 0.29) is 37.4 Å². The second-order valence-electron chi connectivity index (χ2n) is 7.29. The molecule has 8 N–H and O–H groups in total. The molecule has 32 heavy (non-hydrogen) atoms. The minimum absolute atomic E-state index is 0.0334. The molecule has 0 aliphatic rings. The minimum Gasteiger partial charge on any atom is -0.384 e. The molecular weight excluding hydrogens is 436 g/mol. The monoisotopic (exact) mass is 468 g/mol. The molecule has 0 bridgehead atoms. The predicted molar refractivity (Wildman–Crippen MR) is 121 cm³/mol. The number of benzene rings is 1. The number of carbonyl (C=O) groups excluding carboxylic acids is 3. The molecule has 3 amide bonds. The van der Waals surface area contributed by atoms with Crippen molar-refractivity contribution in [2.45, 2.75) is 58.2 Å². The summed E-state index contributed by atoms with van der Waals surface area (Å²) in [7, 11) is -3.64. The van der Waals surface area contributed by atoms with Crippen molar-refractivity contribution in [2.75, 3.05) is 5.75 Å². The highest BCUT2D eigenvalue weighted by Crippen LogP contribution is 2.06. The molecule has 0 saturated heterocycles. The molecule has 0 aromatic heterocycles. The van der Waals surface area contributed by atoms with Gasteiger partial charge in [-0.15, -0.1) is 0 Å². The van der Waals surface area contributed by atoms with Gasteiger partial charge in [-0.1, -0.05) is 38.1 Å². The van der Waals surface area contributed by atoms with Gasteiger partial charge in [-0.2, -0.15) is 0 Å². The van der Waals surface area contributed by atoms with Gasteiger partial charge in [0.15, 0.2) is 0 Å². The number of carbonyl (C=O) groups is 3. The molecule has 1 aromatic rings. The summed E-state index contributed by atoms with van der Waals surface area (Å²) in [5, 5.41) is 12.6. The smallest absolute Gasteiger partial charge is 0.242 e. The second-order valence-corrected chi connectivity index (χ2v) is 9.17. The molecule has 2 unspecified atom stereocenters. The van der Waals surface area contributed by atoms with E-state index in [0.29, 0.717) is 12.0 Å². The van der Waals surface area contributed by atoms with Crippen molar-refractivity contribution in [2.24, 2.45) is 11.5 Å². The van der Waals surface area contributed by atoms with Crippen LogP contribution < -0.4 is 26.8 Å². The lowest BCUT2D eigenvalue weighted by Crippen LogP contribution is -2.53. The van der Waals surface area contributed by atoms with Gasteiger partial charge in [0, 0.05) is 18.5 Å². The van der Waals surface area contributed by atoms with Crippen molar-refractivity contribution in [1.29, 1.82) is 5.41 Å². The maximum atomic E-state index is 12.7. The Hall–Kier alpha value is -2.99. The predicted octanol–water partition coefficient (Wildman–Crippen LogP) is -0.555. The lowest BCUT2D eigenvalue weighted by Gasteiger charge is -2.22. The van der Waals surface area contributed by atoms with Crippen molar-refractivity contribution in [3.05, 3.63) is 35.4 Å². The number of nitrogens with one attached hydrogen (secondary N) is 4. The number of nitrogen functional groups attached to an aromatic ring is 1. The van der Waals surface area contributed by atoms with Crippen LogP contribution >= 0.6 is 0 Å². The Bertz CT molecular complexity index is 917. The third-order valence-corrected chi connectivity index (χ3v) is 6.15. The summed E-state index contributed by atoms with van der Waals surface area (Å²) < 4.78 is 26.4. The number of nitrogens with two attached hydrogens (primary N) is 2. The fraction of sp³-hybridized carbons (Fsp3) is 0.500. The Morgan fingerprint density at radius 2 is 1.66 bits per heavy atom. The van der Waals surface area contributed by atoms with Gasteiger partial charge in [0.25, 0.3) is 0 Å². The Labute approximate surface area is 188 Å². The molecule has 0 heterocycles. The first-order valence-electron chi connectivity index (χ1n) is 10.3. The summed E-state index contributed by atoms with van der Waals surface area (Å²) in [6.07, 6.45) is 0.407. The third kappa shape index (κ3) is 9.43. The zero-order valence-corrected chi connectivity index (χ0v) is 19.1. The number of hydrogen-bond donors (Lipinski definition) is 6. The van der Waals surface area contributed by atoms with Crippen molar-refractivity contribution < 1.29 is 22.8 Å². The van der Waals surface area contributed by atoms with E-state index in [1.807, 2.05) is 0 Å². The highest BCUT2D eigenvalue weighted by atomic mass is 32.2. The van der Waals surface area contributed by atoms with Gasteiger partial charge in [-0.25, -0.2) is 13.1 Å². The van der Waals surface area contributed by atoms with Crippen molar-refractivity contribution >= 4 is 33.6 Å². The molecule has 2 atom stereocenters. The summed E-state index contributed by atoms with van der Waals surface area (Å²) >= 11 is 0. The van der Waals surface area contributed by atoms with Crippen LogP contribution in [0, 0.1) is 5.41 Å². The molecule has 178 valence electrons. The van der Waals surface area contributed by atoms with E-state index in [2.05, 4.69) is 15.4 Å².